The second-order valence-corrected chi connectivity index (χ2v) is 7.21. The monoisotopic (exact) mass is 424 g/mol. The number of imidazole rings is 1. The number of alkyl halides is 3. The maximum Gasteiger partial charge on any atom is 0.446 e. The molecule has 0 aliphatic heterocycles. The molecule has 0 aliphatic carbocycles. The summed E-state index contributed by atoms with van der Waals surface area (Å²) in [7, 11) is 0. The fraction of sp³-hybridized carbons (Fsp3) is 0.167. The van der Waals surface area contributed by atoms with Crippen LogP contribution in [-0.2, 0) is 6.54 Å². The second-order valence-electron chi connectivity index (χ2n) is 6.07. The van der Waals surface area contributed by atoms with Gasteiger partial charge in [0.1, 0.15) is 5.69 Å². The van der Waals surface area contributed by atoms with Gasteiger partial charge in [-0.1, -0.05) is 0 Å². The Morgan fingerprint density at radius 2 is 1.90 bits per heavy atom. The van der Waals surface area contributed by atoms with E-state index in [4.69, 9.17) is 5.73 Å². The van der Waals surface area contributed by atoms with Crippen molar-refractivity contribution < 1.29 is 23.1 Å². The van der Waals surface area contributed by atoms with Crippen LogP contribution >= 0.6 is 11.8 Å². The van der Waals surface area contributed by atoms with Crippen molar-refractivity contribution in [2.45, 2.75) is 23.9 Å². The molecule has 1 aromatic carbocycles. The van der Waals surface area contributed by atoms with Gasteiger partial charge in [-0.2, -0.15) is 13.2 Å². The predicted octanol–water partition coefficient (Wildman–Crippen LogP) is 2.81. The van der Waals surface area contributed by atoms with Gasteiger partial charge in [-0.3, -0.25) is 14.3 Å². The van der Waals surface area contributed by atoms with Crippen molar-refractivity contribution in [3.63, 3.8) is 0 Å². The first-order valence-electron chi connectivity index (χ1n) is 8.19. The van der Waals surface area contributed by atoms with E-state index in [0.29, 0.717) is 5.56 Å². The van der Waals surface area contributed by atoms with Crippen molar-refractivity contribution in [2.24, 2.45) is 5.73 Å². The van der Waals surface area contributed by atoms with E-state index in [1.807, 2.05) is 0 Å². The van der Waals surface area contributed by atoms with Crippen LogP contribution in [0.5, 0.6) is 5.88 Å². The smallest absolute Gasteiger partial charge is 0.446 e. The molecule has 7 nitrogen and oxygen atoms in total. The number of hydrogen-bond acceptors (Lipinski definition) is 5. The number of carbonyl (C=O) groups is 1. The Bertz CT molecular complexity index is 1120. The number of nitrogens with zero attached hydrogens (tertiary/aromatic N) is 3. The molecule has 0 unspecified atom stereocenters. The molecule has 2 aromatic heterocycles. The Morgan fingerprint density at radius 1 is 1.24 bits per heavy atom. The van der Waals surface area contributed by atoms with E-state index >= 15 is 0 Å². The van der Waals surface area contributed by atoms with E-state index in [1.165, 1.54) is 48.0 Å². The van der Waals surface area contributed by atoms with Gasteiger partial charge in [0.05, 0.1) is 17.9 Å². The second kappa shape index (κ2) is 7.66. The number of amides is 1. The summed E-state index contributed by atoms with van der Waals surface area (Å²) in [6, 6.07) is 8.09. The number of benzene rings is 1. The van der Waals surface area contributed by atoms with E-state index in [9.17, 15) is 27.9 Å². The van der Waals surface area contributed by atoms with Crippen LogP contribution in [0.2, 0.25) is 0 Å². The number of primary amides is 1. The molecule has 3 rings (SSSR count). The summed E-state index contributed by atoms with van der Waals surface area (Å²) in [5.74, 6) is -1.05. The third-order valence-electron chi connectivity index (χ3n) is 4.11. The molecule has 11 heteroatoms. The lowest BCUT2D eigenvalue weighted by atomic mass is 10.2. The molecule has 152 valence electrons. The van der Waals surface area contributed by atoms with E-state index in [2.05, 4.69) is 4.98 Å². The van der Waals surface area contributed by atoms with Crippen LogP contribution in [0.25, 0.3) is 5.69 Å². The van der Waals surface area contributed by atoms with Crippen LogP contribution in [0.3, 0.4) is 0 Å². The average Bonchev–Trinajstić information content (AvgIpc) is 2.85. The summed E-state index contributed by atoms with van der Waals surface area (Å²) in [5.41, 5.74) is 1.26. The van der Waals surface area contributed by atoms with Crippen molar-refractivity contribution in [1.82, 2.24) is 14.1 Å². The Morgan fingerprint density at radius 3 is 2.48 bits per heavy atom. The highest BCUT2D eigenvalue weighted by Gasteiger charge is 2.29. The molecule has 0 atom stereocenters. The summed E-state index contributed by atoms with van der Waals surface area (Å²) in [5, 5.41) is 10.4. The number of hydrogen-bond donors (Lipinski definition) is 2. The van der Waals surface area contributed by atoms with Gasteiger partial charge in [-0.25, -0.2) is 9.36 Å². The summed E-state index contributed by atoms with van der Waals surface area (Å²) in [6.45, 7) is 1.56. The number of carbonyl (C=O) groups excluding carboxylic acids is 1. The zero-order valence-corrected chi connectivity index (χ0v) is 15.8. The lowest BCUT2D eigenvalue weighted by Crippen LogP contribution is -2.24. The topological polar surface area (TPSA) is 103 Å². The van der Waals surface area contributed by atoms with Crippen molar-refractivity contribution in [3.8, 4) is 11.6 Å². The van der Waals surface area contributed by atoms with Crippen LogP contribution in [-0.4, -0.2) is 30.6 Å². The maximum absolute atomic E-state index is 12.8. The van der Waals surface area contributed by atoms with Crippen molar-refractivity contribution in [1.29, 1.82) is 0 Å². The molecular formula is C18H15F3N4O3S. The van der Waals surface area contributed by atoms with E-state index in [1.54, 1.807) is 6.07 Å². The van der Waals surface area contributed by atoms with E-state index < -0.39 is 17.1 Å². The van der Waals surface area contributed by atoms with Crippen LogP contribution in [0.4, 0.5) is 13.2 Å². The third kappa shape index (κ3) is 4.45. The number of rotatable bonds is 5. The normalized spacial score (nSPS) is 11.6. The van der Waals surface area contributed by atoms with E-state index in [0.717, 1.165) is 4.57 Å². The fourth-order valence-corrected chi connectivity index (χ4v) is 3.28. The zero-order chi connectivity index (χ0) is 21.3. The third-order valence-corrected chi connectivity index (χ3v) is 4.85. The fourth-order valence-electron chi connectivity index (χ4n) is 2.74. The van der Waals surface area contributed by atoms with Gasteiger partial charge in [0, 0.05) is 11.1 Å². The Labute approximate surface area is 166 Å². The first-order valence-corrected chi connectivity index (χ1v) is 9.00. The number of halogens is 3. The Balaban J connectivity index is 1.96. The van der Waals surface area contributed by atoms with Gasteiger partial charge < -0.3 is 10.8 Å². The molecule has 29 heavy (non-hydrogen) atoms. The van der Waals surface area contributed by atoms with Gasteiger partial charge in [-0.15, -0.1) is 0 Å². The van der Waals surface area contributed by atoms with Crippen LogP contribution in [0.1, 0.15) is 21.7 Å². The van der Waals surface area contributed by atoms with Gasteiger partial charge in [-0.05, 0) is 60.6 Å². The first kappa shape index (κ1) is 20.5. The molecule has 2 heterocycles. The lowest BCUT2D eigenvalue weighted by Gasteiger charge is -2.07. The van der Waals surface area contributed by atoms with Gasteiger partial charge in [0.15, 0.2) is 0 Å². The van der Waals surface area contributed by atoms with Gasteiger partial charge >= 0.3 is 11.2 Å². The summed E-state index contributed by atoms with van der Waals surface area (Å²) >= 11 is -0.272. The number of thioether (sulfide) groups is 1. The van der Waals surface area contributed by atoms with Crippen molar-refractivity contribution >= 4 is 17.7 Å². The van der Waals surface area contributed by atoms with Crippen LogP contribution in [0.15, 0.2) is 52.3 Å². The quantitative estimate of drug-likeness (QED) is 0.613. The molecule has 3 N–H and O–H groups in total. The maximum atomic E-state index is 12.8. The Hall–Kier alpha value is -3.21. The molecule has 1 amide bonds. The number of aromatic nitrogens is 3. The minimum Gasteiger partial charge on any atom is -0.493 e. The number of aromatic hydroxyl groups is 1. The van der Waals surface area contributed by atoms with E-state index in [-0.39, 0.29) is 46.2 Å². The van der Waals surface area contributed by atoms with Gasteiger partial charge in [0.2, 0.25) is 5.88 Å². The zero-order valence-electron chi connectivity index (χ0n) is 15.0. The number of pyridine rings is 1. The van der Waals surface area contributed by atoms with Crippen molar-refractivity contribution in [2.75, 3.05) is 0 Å². The first-order chi connectivity index (χ1) is 13.6. The molecule has 0 fully saturated rings. The highest BCUT2D eigenvalue weighted by molar-refractivity contribution is 8.00. The lowest BCUT2D eigenvalue weighted by molar-refractivity contribution is -0.0328. The largest absolute Gasteiger partial charge is 0.493 e. The molecule has 0 aliphatic rings. The minimum atomic E-state index is -4.42. The standard InChI is InChI=1S/C18H15F3N4O3S/c1-10-16(27)25(12-2-4-13(5-3-12)29-18(19,20)21)17(28)24(10)9-11-6-7-23-14(8-11)15(22)26/h2-8,27H,9H2,1H3,(H2,22,26). The van der Waals surface area contributed by atoms with Crippen molar-refractivity contribution in [3.05, 3.63) is 70.0 Å². The highest BCUT2D eigenvalue weighted by Crippen LogP contribution is 2.37. The summed E-state index contributed by atoms with van der Waals surface area (Å²) in [6.07, 6.45) is 1.38. The molecule has 0 radical (unpaired) electrons. The molecule has 0 saturated heterocycles. The molecular weight excluding hydrogens is 409 g/mol. The predicted molar refractivity (Wildman–Crippen MR) is 100 cm³/mol. The summed E-state index contributed by atoms with van der Waals surface area (Å²) < 4.78 is 39.7. The number of nitrogens with two attached hydrogens (primary N) is 1. The van der Waals surface area contributed by atoms with Crippen LogP contribution < -0.4 is 11.4 Å². The van der Waals surface area contributed by atoms with Gasteiger partial charge in [0.25, 0.3) is 5.91 Å². The molecule has 0 spiro atoms. The average molecular weight is 424 g/mol. The molecule has 0 bridgehead atoms. The molecule has 0 saturated carbocycles. The minimum absolute atomic E-state index is 0.0367. The highest BCUT2D eigenvalue weighted by atomic mass is 32.2. The summed E-state index contributed by atoms with van der Waals surface area (Å²) in [4.78, 5) is 27.9. The molecule has 3 aromatic rings. The van der Waals surface area contributed by atoms with Crippen LogP contribution in [0, 0.1) is 6.92 Å². The Kier molecular flexibility index (Phi) is 5.42. The SMILES string of the molecule is Cc1c(O)n(-c2ccc(SC(F)(F)F)cc2)c(=O)n1Cc1ccnc(C(N)=O)c1.